The second kappa shape index (κ2) is 4.68. The number of hydrogen-bond donors (Lipinski definition) is 0. The molecule has 4 heteroatoms. The van der Waals surface area contributed by atoms with E-state index in [0.717, 1.165) is 31.4 Å². The van der Waals surface area contributed by atoms with Crippen LogP contribution in [0, 0.1) is 5.82 Å². The zero-order valence-corrected chi connectivity index (χ0v) is 11.0. The molecule has 2 aromatic rings. The first-order valence-electron chi connectivity index (χ1n) is 6.71. The smallest absolute Gasteiger partial charge is 0.270 e. The average molecular weight is 260 g/mol. The first-order valence-corrected chi connectivity index (χ1v) is 6.71. The van der Waals surface area contributed by atoms with Crippen molar-refractivity contribution in [2.75, 3.05) is 13.1 Å². The number of piperidine rings is 1. The highest BCUT2D eigenvalue weighted by Gasteiger charge is 2.22. The molecule has 3 rings (SSSR count). The van der Waals surface area contributed by atoms with E-state index in [4.69, 9.17) is 0 Å². The molecule has 0 saturated carbocycles. The van der Waals surface area contributed by atoms with Gasteiger partial charge in [0.05, 0.1) is 5.52 Å². The lowest BCUT2D eigenvalue weighted by Gasteiger charge is -2.26. The van der Waals surface area contributed by atoms with Gasteiger partial charge in [-0.05, 0) is 37.5 Å². The number of nitrogens with zero attached hydrogens (tertiary/aromatic N) is 2. The first kappa shape index (κ1) is 12.2. The molecule has 19 heavy (non-hydrogen) atoms. The molecule has 1 aliphatic heterocycles. The Labute approximate surface area is 111 Å². The molecule has 3 nitrogen and oxygen atoms in total. The largest absolute Gasteiger partial charge is 0.340 e. The van der Waals surface area contributed by atoms with Gasteiger partial charge in [-0.25, -0.2) is 4.39 Å². The lowest BCUT2D eigenvalue weighted by molar-refractivity contribution is 0.0715. The highest BCUT2D eigenvalue weighted by Crippen LogP contribution is 2.23. The molecule has 1 fully saturated rings. The molecule has 1 amide bonds. The number of likely N-dealkylation sites (tertiary alicyclic amines) is 1. The Kier molecular flexibility index (Phi) is 3.01. The number of aromatic nitrogens is 1. The van der Waals surface area contributed by atoms with Crippen molar-refractivity contribution in [1.29, 1.82) is 0 Å². The van der Waals surface area contributed by atoms with Gasteiger partial charge >= 0.3 is 0 Å². The Morgan fingerprint density at radius 2 is 1.95 bits per heavy atom. The van der Waals surface area contributed by atoms with Gasteiger partial charge in [0, 0.05) is 25.5 Å². The number of benzene rings is 1. The molecule has 0 unspecified atom stereocenters. The number of carbonyl (C=O) groups is 1. The van der Waals surface area contributed by atoms with E-state index in [0.29, 0.717) is 11.1 Å². The van der Waals surface area contributed by atoms with Gasteiger partial charge in [-0.2, -0.15) is 0 Å². The summed E-state index contributed by atoms with van der Waals surface area (Å²) in [7, 11) is 1.82. The van der Waals surface area contributed by atoms with Gasteiger partial charge in [-0.1, -0.05) is 6.07 Å². The monoisotopic (exact) mass is 260 g/mol. The zero-order chi connectivity index (χ0) is 13.4. The van der Waals surface area contributed by atoms with Gasteiger partial charge in [0.25, 0.3) is 5.91 Å². The van der Waals surface area contributed by atoms with Gasteiger partial charge in [0.1, 0.15) is 11.5 Å². The maximum Gasteiger partial charge on any atom is 0.270 e. The van der Waals surface area contributed by atoms with Crippen LogP contribution in [0.25, 0.3) is 10.9 Å². The molecule has 0 atom stereocenters. The minimum Gasteiger partial charge on any atom is -0.340 e. The van der Waals surface area contributed by atoms with E-state index in [1.54, 1.807) is 16.7 Å². The molecule has 0 bridgehead atoms. The summed E-state index contributed by atoms with van der Waals surface area (Å²) in [6.07, 6.45) is 3.31. The van der Waals surface area contributed by atoms with Crippen LogP contribution in [0.4, 0.5) is 4.39 Å². The van der Waals surface area contributed by atoms with Crippen LogP contribution in [0.5, 0.6) is 0 Å². The van der Waals surface area contributed by atoms with Crippen molar-refractivity contribution in [2.45, 2.75) is 19.3 Å². The van der Waals surface area contributed by atoms with Crippen LogP contribution in [0.3, 0.4) is 0 Å². The van der Waals surface area contributed by atoms with Gasteiger partial charge < -0.3 is 9.47 Å². The van der Waals surface area contributed by atoms with E-state index >= 15 is 0 Å². The van der Waals surface area contributed by atoms with E-state index in [2.05, 4.69) is 0 Å². The normalized spacial score (nSPS) is 16.0. The summed E-state index contributed by atoms with van der Waals surface area (Å²) < 4.78 is 15.5. The maximum atomic E-state index is 13.7. The summed E-state index contributed by atoms with van der Waals surface area (Å²) in [5.74, 6) is -0.261. The zero-order valence-electron chi connectivity index (χ0n) is 11.0. The number of fused-ring (bicyclic) bond motifs is 1. The highest BCUT2D eigenvalue weighted by molar-refractivity contribution is 5.98. The predicted octanol–water partition coefficient (Wildman–Crippen LogP) is 2.94. The van der Waals surface area contributed by atoms with Crippen molar-refractivity contribution in [3.8, 4) is 0 Å². The van der Waals surface area contributed by atoms with Crippen molar-refractivity contribution >= 4 is 16.8 Å². The van der Waals surface area contributed by atoms with Gasteiger partial charge in [-0.3, -0.25) is 4.79 Å². The summed E-state index contributed by atoms with van der Waals surface area (Å²) in [6, 6.07) is 6.61. The summed E-state index contributed by atoms with van der Waals surface area (Å²) in [5.41, 5.74) is 1.34. The van der Waals surface area contributed by atoms with Crippen molar-refractivity contribution in [3.05, 3.63) is 35.8 Å². The number of rotatable bonds is 1. The molecule has 0 aliphatic carbocycles. The lowest BCUT2D eigenvalue weighted by Crippen LogP contribution is -2.36. The number of halogens is 1. The van der Waals surface area contributed by atoms with Crippen LogP contribution >= 0.6 is 0 Å². The predicted molar refractivity (Wildman–Crippen MR) is 72.6 cm³/mol. The van der Waals surface area contributed by atoms with Crippen molar-refractivity contribution in [3.63, 3.8) is 0 Å². The number of aryl methyl sites for hydroxylation is 1. The third kappa shape index (κ3) is 2.01. The molecule has 0 spiro atoms. The van der Waals surface area contributed by atoms with Crippen molar-refractivity contribution < 1.29 is 9.18 Å². The number of carbonyl (C=O) groups excluding carboxylic acids is 1. The lowest BCUT2D eigenvalue weighted by atomic mass is 10.1. The fourth-order valence-electron chi connectivity index (χ4n) is 2.79. The SMILES string of the molecule is Cn1c(C(=O)N2CCCCC2)cc2c(F)cccc21. The molecule has 2 heterocycles. The van der Waals surface area contributed by atoms with E-state index in [9.17, 15) is 9.18 Å². The van der Waals surface area contributed by atoms with Crippen molar-refractivity contribution in [2.24, 2.45) is 7.05 Å². The topological polar surface area (TPSA) is 25.2 Å². The van der Waals surface area contributed by atoms with Crippen LogP contribution in [0.2, 0.25) is 0 Å². The van der Waals surface area contributed by atoms with Crippen LogP contribution in [0.1, 0.15) is 29.8 Å². The fraction of sp³-hybridized carbons (Fsp3) is 0.400. The molecule has 1 aliphatic rings. The van der Waals surface area contributed by atoms with Crippen LogP contribution in [-0.4, -0.2) is 28.5 Å². The Balaban J connectivity index is 2.02. The second-order valence-electron chi connectivity index (χ2n) is 5.11. The Morgan fingerprint density at radius 1 is 1.21 bits per heavy atom. The summed E-state index contributed by atoms with van der Waals surface area (Å²) in [5, 5.41) is 0.519. The van der Waals surface area contributed by atoms with Crippen LogP contribution in [-0.2, 0) is 7.05 Å². The first-order chi connectivity index (χ1) is 9.18. The van der Waals surface area contributed by atoms with Crippen LogP contribution < -0.4 is 0 Å². The van der Waals surface area contributed by atoms with E-state index in [-0.39, 0.29) is 11.7 Å². The van der Waals surface area contributed by atoms with E-state index < -0.39 is 0 Å². The quantitative estimate of drug-likeness (QED) is 0.774. The molecule has 1 aromatic carbocycles. The molecule has 0 radical (unpaired) electrons. The minimum absolute atomic E-state index is 0.0119. The molecule has 1 saturated heterocycles. The van der Waals surface area contributed by atoms with Crippen LogP contribution in [0.15, 0.2) is 24.3 Å². The summed E-state index contributed by atoms with van der Waals surface area (Å²) in [4.78, 5) is 14.4. The van der Waals surface area contributed by atoms with E-state index in [1.807, 2.05) is 18.0 Å². The minimum atomic E-state index is -0.272. The molecular weight excluding hydrogens is 243 g/mol. The Hall–Kier alpha value is -1.84. The standard InChI is InChI=1S/C15H17FN2O/c1-17-13-7-5-6-12(16)11(13)10-14(17)15(19)18-8-3-2-4-9-18/h5-7,10H,2-4,8-9H2,1H3. The third-order valence-corrected chi connectivity index (χ3v) is 3.90. The average Bonchev–Trinajstić information content (AvgIpc) is 2.78. The highest BCUT2D eigenvalue weighted by atomic mass is 19.1. The third-order valence-electron chi connectivity index (χ3n) is 3.90. The molecule has 1 aromatic heterocycles. The molecule has 100 valence electrons. The van der Waals surface area contributed by atoms with E-state index in [1.165, 1.54) is 12.5 Å². The van der Waals surface area contributed by atoms with Gasteiger partial charge in [0.2, 0.25) is 0 Å². The van der Waals surface area contributed by atoms with Gasteiger partial charge in [0.15, 0.2) is 0 Å². The summed E-state index contributed by atoms with van der Waals surface area (Å²) in [6.45, 7) is 1.62. The summed E-state index contributed by atoms with van der Waals surface area (Å²) >= 11 is 0. The Morgan fingerprint density at radius 3 is 2.63 bits per heavy atom. The Bertz CT molecular complexity index is 626. The fourth-order valence-corrected chi connectivity index (χ4v) is 2.79. The number of amides is 1. The second-order valence-corrected chi connectivity index (χ2v) is 5.11. The molecule has 0 N–H and O–H groups in total. The van der Waals surface area contributed by atoms with Crippen molar-refractivity contribution in [1.82, 2.24) is 9.47 Å². The maximum absolute atomic E-state index is 13.7. The molecular formula is C15H17FN2O. The van der Waals surface area contributed by atoms with Gasteiger partial charge in [-0.15, -0.1) is 0 Å². The number of hydrogen-bond acceptors (Lipinski definition) is 1.